The third-order valence-corrected chi connectivity index (χ3v) is 8.13. The van der Waals surface area contributed by atoms with E-state index in [2.05, 4.69) is 21.2 Å². The molecule has 0 radical (unpaired) electrons. The highest BCUT2D eigenvalue weighted by Crippen LogP contribution is 2.41. The molecule has 0 saturated heterocycles. The molecule has 3 aliphatic rings. The Morgan fingerprint density at radius 1 is 1.25 bits per heavy atom. The number of pyridine rings is 1. The van der Waals surface area contributed by atoms with Crippen molar-refractivity contribution in [1.29, 1.82) is 0 Å². The topological polar surface area (TPSA) is 107 Å². The van der Waals surface area contributed by atoms with E-state index < -0.39 is 17.9 Å². The number of carbonyl (C=O) groups excluding carboxylic acids is 1. The van der Waals surface area contributed by atoms with Crippen LogP contribution in [0.1, 0.15) is 60.1 Å². The van der Waals surface area contributed by atoms with Crippen molar-refractivity contribution in [3.05, 3.63) is 52.7 Å². The van der Waals surface area contributed by atoms with Gasteiger partial charge in [-0.3, -0.25) is 4.79 Å². The van der Waals surface area contributed by atoms with Crippen LogP contribution in [0.2, 0.25) is 0 Å². The molecule has 2 aromatic heterocycles. The molecular formula is C29H28F3N5O3. The fourth-order valence-electron chi connectivity index (χ4n) is 6.18. The fourth-order valence-corrected chi connectivity index (χ4v) is 6.18. The summed E-state index contributed by atoms with van der Waals surface area (Å²) >= 11 is 0. The molecule has 0 spiro atoms. The molecular weight excluding hydrogens is 523 g/mol. The molecule has 40 heavy (non-hydrogen) atoms. The standard InChI is InChI=1S/C29H28F3N5O3/c1-3-19(33)26-25(28(38)37-13-12-16-15-6-4-5-7-20(15)34-21(16)14-37)36-27(40-26)18-8-10-22(39-2)24-17(18)9-11-23(35-24)29(30,31)32/h1,8-11,15,19-20,34H,4-7,12-14,33H2,2H3/t15?,19-,20?/m0/s1. The molecule has 4 heterocycles. The second-order valence-corrected chi connectivity index (χ2v) is 10.4. The quantitative estimate of drug-likeness (QED) is 0.448. The van der Waals surface area contributed by atoms with Gasteiger partial charge in [-0.25, -0.2) is 9.97 Å². The minimum atomic E-state index is -4.64. The smallest absolute Gasteiger partial charge is 0.433 e. The molecule has 1 aliphatic carbocycles. The van der Waals surface area contributed by atoms with Gasteiger partial charge in [0.05, 0.1) is 13.7 Å². The molecule has 6 rings (SSSR count). The lowest BCUT2D eigenvalue weighted by molar-refractivity contribution is -0.140. The van der Waals surface area contributed by atoms with Crippen LogP contribution in [0.15, 0.2) is 40.0 Å². The fraction of sp³-hybridized carbons (Fsp3) is 0.414. The number of ether oxygens (including phenoxy) is 1. The number of benzene rings is 1. The van der Waals surface area contributed by atoms with Crippen LogP contribution in [0.25, 0.3) is 22.4 Å². The maximum Gasteiger partial charge on any atom is 0.433 e. The molecule has 2 unspecified atom stereocenters. The zero-order valence-corrected chi connectivity index (χ0v) is 21.8. The number of carbonyl (C=O) groups is 1. The van der Waals surface area contributed by atoms with E-state index in [0.29, 0.717) is 36.0 Å². The number of terminal acetylenes is 1. The highest BCUT2D eigenvalue weighted by atomic mass is 19.4. The van der Waals surface area contributed by atoms with Crippen LogP contribution in [0.5, 0.6) is 5.75 Å². The summed E-state index contributed by atoms with van der Waals surface area (Å²) in [6.45, 7) is 0.967. The lowest BCUT2D eigenvalue weighted by Crippen LogP contribution is -2.39. The van der Waals surface area contributed by atoms with E-state index in [4.69, 9.17) is 21.3 Å². The molecule has 1 fully saturated rings. The minimum absolute atomic E-state index is 0.000173. The summed E-state index contributed by atoms with van der Waals surface area (Å²) in [6.07, 6.45) is 6.47. The molecule has 3 aromatic rings. The molecule has 1 saturated carbocycles. The molecule has 1 amide bonds. The summed E-state index contributed by atoms with van der Waals surface area (Å²) < 4.78 is 51.4. The Balaban J connectivity index is 1.37. The summed E-state index contributed by atoms with van der Waals surface area (Å²) in [7, 11) is 1.34. The van der Waals surface area contributed by atoms with Gasteiger partial charge in [-0.1, -0.05) is 18.8 Å². The second kappa shape index (κ2) is 9.86. The number of alkyl halides is 3. The molecule has 0 bridgehead atoms. The molecule has 11 heteroatoms. The number of nitrogens with two attached hydrogens (primary N) is 1. The molecule has 8 nitrogen and oxygen atoms in total. The third kappa shape index (κ3) is 4.36. The number of halogens is 3. The van der Waals surface area contributed by atoms with Crippen LogP contribution in [0.3, 0.4) is 0 Å². The van der Waals surface area contributed by atoms with E-state index in [9.17, 15) is 18.0 Å². The Morgan fingerprint density at radius 2 is 2.05 bits per heavy atom. The largest absolute Gasteiger partial charge is 0.494 e. The van der Waals surface area contributed by atoms with Crippen LogP contribution < -0.4 is 15.8 Å². The van der Waals surface area contributed by atoms with Crippen molar-refractivity contribution >= 4 is 16.8 Å². The monoisotopic (exact) mass is 551 g/mol. The number of nitrogens with one attached hydrogen (secondary N) is 1. The maximum absolute atomic E-state index is 13.8. The van der Waals surface area contributed by atoms with E-state index in [1.165, 1.54) is 44.1 Å². The highest BCUT2D eigenvalue weighted by Gasteiger charge is 2.40. The van der Waals surface area contributed by atoms with Crippen LogP contribution in [-0.4, -0.2) is 47.0 Å². The SMILES string of the molecule is C#C[C@H](N)c1oc(-c2ccc(OC)c3nc(C(F)(F)F)ccc23)nc1C(=O)N1CCC2=C(C1)NC1CCCCC21. The first-order chi connectivity index (χ1) is 19.2. The lowest BCUT2D eigenvalue weighted by Gasteiger charge is -2.29. The van der Waals surface area contributed by atoms with Gasteiger partial charge in [-0.15, -0.1) is 6.42 Å². The summed E-state index contributed by atoms with van der Waals surface area (Å²) in [5.74, 6) is 2.74. The Labute approximate surface area is 228 Å². The van der Waals surface area contributed by atoms with Crippen molar-refractivity contribution in [2.45, 2.75) is 50.4 Å². The van der Waals surface area contributed by atoms with Crippen molar-refractivity contribution in [2.75, 3.05) is 20.2 Å². The second-order valence-electron chi connectivity index (χ2n) is 10.4. The van der Waals surface area contributed by atoms with E-state index in [-0.39, 0.29) is 34.5 Å². The Bertz CT molecular complexity index is 1570. The Hall–Kier alpha value is -4.04. The maximum atomic E-state index is 13.8. The average Bonchev–Trinajstić information content (AvgIpc) is 3.56. The zero-order valence-electron chi connectivity index (χ0n) is 21.8. The average molecular weight is 552 g/mol. The zero-order chi connectivity index (χ0) is 28.2. The predicted octanol–water partition coefficient (Wildman–Crippen LogP) is 4.81. The number of methoxy groups -OCH3 is 1. The van der Waals surface area contributed by atoms with Gasteiger partial charge in [0.15, 0.2) is 11.5 Å². The van der Waals surface area contributed by atoms with Gasteiger partial charge in [0.25, 0.3) is 5.91 Å². The van der Waals surface area contributed by atoms with Gasteiger partial charge in [0, 0.05) is 35.2 Å². The number of fused-ring (bicyclic) bond motifs is 3. The third-order valence-electron chi connectivity index (χ3n) is 8.13. The van der Waals surface area contributed by atoms with Gasteiger partial charge in [0.1, 0.15) is 23.0 Å². The summed E-state index contributed by atoms with van der Waals surface area (Å²) in [6, 6.07) is 4.60. The van der Waals surface area contributed by atoms with E-state index in [1.54, 1.807) is 11.0 Å². The van der Waals surface area contributed by atoms with Gasteiger partial charge in [0.2, 0.25) is 5.89 Å². The van der Waals surface area contributed by atoms with Gasteiger partial charge < -0.3 is 25.1 Å². The van der Waals surface area contributed by atoms with Crippen molar-refractivity contribution in [1.82, 2.24) is 20.2 Å². The number of rotatable bonds is 4. The van der Waals surface area contributed by atoms with Gasteiger partial charge >= 0.3 is 6.18 Å². The van der Waals surface area contributed by atoms with Crippen LogP contribution >= 0.6 is 0 Å². The predicted molar refractivity (Wildman–Crippen MR) is 141 cm³/mol. The summed E-state index contributed by atoms with van der Waals surface area (Å²) in [4.78, 5) is 23.8. The van der Waals surface area contributed by atoms with E-state index in [1.807, 2.05) is 0 Å². The van der Waals surface area contributed by atoms with Crippen LogP contribution in [-0.2, 0) is 6.18 Å². The van der Waals surface area contributed by atoms with Crippen LogP contribution in [0.4, 0.5) is 13.2 Å². The van der Waals surface area contributed by atoms with Crippen LogP contribution in [0, 0.1) is 18.3 Å². The van der Waals surface area contributed by atoms with Crippen molar-refractivity contribution < 1.29 is 27.1 Å². The summed E-state index contributed by atoms with van der Waals surface area (Å²) in [5.41, 5.74) is 7.89. The number of nitrogens with zero attached hydrogens (tertiary/aromatic N) is 3. The van der Waals surface area contributed by atoms with Crippen molar-refractivity contribution in [3.8, 4) is 29.5 Å². The number of oxazole rings is 1. The van der Waals surface area contributed by atoms with Gasteiger partial charge in [-0.2, -0.15) is 13.2 Å². The molecule has 208 valence electrons. The van der Waals surface area contributed by atoms with E-state index >= 15 is 0 Å². The van der Waals surface area contributed by atoms with Gasteiger partial charge in [-0.05, 0) is 49.1 Å². The number of hydrogen-bond donors (Lipinski definition) is 2. The normalized spacial score (nSPS) is 21.4. The first kappa shape index (κ1) is 26.2. The Morgan fingerprint density at radius 3 is 2.80 bits per heavy atom. The first-order valence-electron chi connectivity index (χ1n) is 13.2. The first-order valence-corrected chi connectivity index (χ1v) is 13.2. The van der Waals surface area contributed by atoms with Crippen molar-refractivity contribution in [3.63, 3.8) is 0 Å². The Kier molecular flexibility index (Phi) is 6.45. The highest BCUT2D eigenvalue weighted by molar-refractivity contribution is 5.98. The minimum Gasteiger partial charge on any atom is -0.494 e. The molecule has 3 N–H and O–H groups in total. The molecule has 3 atom stereocenters. The van der Waals surface area contributed by atoms with E-state index in [0.717, 1.165) is 24.6 Å². The van der Waals surface area contributed by atoms with Crippen molar-refractivity contribution in [2.24, 2.45) is 11.7 Å². The molecule has 1 aromatic carbocycles. The number of aromatic nitrogens is 2. The lowest BCUT2D eigenvalue weighted by atomic mass is 9.80. The number of amides is 1. The molecule has 2 aliphatic heterocycles. The summed E-state index contributed by atoms with van der Waals surface area (Å²) in [5, 5.41) is 3.95. The number of hydrogen-bond acceptors (Lipinski definition) is 7.